The molecule has 8 nitrogen and oxygen atoms in total. The maximum absolute atomic E-state index is 14.5. The molecule has 0 heterocycles. The maximum atomic E-state index is 14.5. The molecule has 0 saturated heterocycles. The van der Waals surface area contributed by atoms with Crippen molar-refractivity contribution in [2.75, 3.05) is 6.54 Å². The zero-order valence-electron chi connectivity index (χ0n) is 24.1. The van der Waals surface area contributed by atoms with E-state index in [4.69, 9.17) is 4.74 Å². The molecule has 0 aromatic heterocycles. The number of phenolic OH excluding ortho intramolecular Hbond substituents is 1. The van der Waals surface area contributed by atoms with E-state index in [-0.39, 0.29) is 30.0 Å². The Balaban J connectivity index is 2.03. The Bertz CT molecular complexity index is 1170. The number of rotatable bonds is 12. The first-order chi connectivity index (χ1) is 19.0. The molecule has 1 saturated carbocycles. The highest BCUT2D eigenvalue weighted by atomic mass is 16.6. The Morgan fingerprint density at radius 1 is 1.15 bits per heavy atom. The lowest BCUT2D eigenvalue weighted by Crippen LogP contribution is -2.58. The smallest absolute Gasteiger partial charge is 0.408 e. The fourth-order valence-corrected chi connectivity index (χ4v) is 4.66. The summed E-state index contributed by atoms with van der Waals surface area (Å²) in [5.74, 6) is -0.507. The molecule has 0 spiro atoms. The normalized spacial score (nSPS) is 14.8. The highest BCUT2D eigenvalue weighted by molar-refractivity contribution is 5.92. The number of benzene rings is 2. The van der Waals surface area contributed by atoms with Gasteiger partial charge in [-0.2, -0.15) is 0 Å². The lowest BCUT2D eigenvalue weighted by molar-refractivity contribution is -0.147. The van der Waals surface area contributed by atoms with E-state index in [2.05, 4.69) is 24.1 Å². The second-order valence-corrected chi connectivity index (χ2v) is 11.3. The summed E-state index contributed by atoms with van der Waals surface area (Å²) >= 11 is 0. The number of ether oxygens (including phenoxy) is 1. The largest absolute Gasteiger partial charge is 0.508 e. The van der Waals surface area contributed by atoms with Gasteiger partial charge in [0.05, 0.1) is 0 Å². The van der Waals surface area contributed by atoms with Crippen LogP contribution >= 0.6 is 0 Å². The number of carbonyl (C=O) groups excluding carboxylic acids is 3. The van der Waals surface area contributed by atoms with Crippen molar-refractivity contribution in [2.45, 2.75) is 89.9 Å². The molecule has 40 heavy (non-hydrogen) atoms. The van der Waals surface area contributed by atoms with Gasteiger partial charge < -0.3 is 25.4 Å². The van der Waals surface area contributed by atoms with E-state index >= 15 is 0 Å². The van der Waals surface area contributed by atoms with Gasteiger partial charge in [-0.05, 0) is 81.3 Å². The molecule has 2 aromatic carbocycles. The summed E-state index contributed by atoms with van der Waals surface area (Å²) in [4.78, 5) is 42.8. The van der Waals surface area contributed by atoms with Crippen LogP contribution in [0.15, 0.2) is 55.1 Å². The van der Waals surface area contributed by atoms with E-state index in [1.807, 2.05) is 24.3 Å². The molecule has 1 aliphatic carbocycles. The Morgan fingerprint density at radius 2 is 1.85 bits per heavy atom. The van der Waals surface area contributed by atoms with Crippen LogP contribution in [-0.2, 0) is 20.7 Å². The summed E-state index contributed by atoms with van der Waals surface area (Å²) in [6.07, 6.45) is 5.40. The quantitative estimate of drug-likeness (QED) is 0.303. The molecule has 0 bridgehead atoms. The zero-order chi connectivity index (χ0) is 29.3. The third-order valence-corrected chi connectivity index (χ3v) is 6.91. The van der Waals surface area contributed by atoms with Crippen LogP contribution in [0, 0.1) is 0 Å². The molecule has 3 amide bonds. The monoisotopic (exact) mass is 549 g/mol. The van der Waals surface area contributed by atoms with Crippen molar-refractivity contribution in [3.05, 3.63) is 71.8 Å². The number of nitrogens with one attached hydrogen (secondary N) is 2. The predicted molar refractivity (Wildman–Crippen MR) is 157 cm³/mol. The molecule has 2 unspecified atom stereocenters. The van der Waals surface area contributed by atoms with Gasteiger partial charge in [0.2, 0.25) is 11.8 Å². The molecular formula is C32H43N3O5. The lowest BCUT2D eigenvalue weighted by Gasteiger charge is -2.43. The first-order valence-electron chi connectivity index (χ1n) is 14.1. The third kappa shape index (κ3) is 8.60. The van der Waals surface area contributed by atoms with Gasteiger partial charge in [0, 0.05) is 19.0 Å². The summed E-state index contributed by atoms with van der Waals surface area (Å²) in [5.41, 5.74) is 1.53. The average Bonchev–Trinajstić information content (AvgIpc) is 2.87. The van der Waals surface area contributed by atoms with Gasteiger partial charge in [0.15, 0.2) is 0 Å². The Labute approximate surface area is 237 Å². The second-order valence-electron chi connectivity index (χ2n) is 11.3. The van der Waals surface area contributed by atoms with Crippen molar-refractivity contribution in [3.8, 4) is 5.75 Å². The summed E-state index contributed by atoms with van der Waals surface area (Å²) < 4.78 is 5.49. The third-order valence-electron chi connectivity index (χ3n) is 6.91. The molecule has 1 aliphatic rings. The Hall–Kier alpha value is -3.81. The first kappa shape index (κ1) is 30.7. The molecule has 1 fully saturated rings. The maximum Gasteiger partial charge on any atom is 0.408 e. The summed E-state index contributed by atoms with van der Waals surface area (Å²) in [7, 11) is 0. The number of alkyl carbamates (subject to hydrolysis) is 1. The summed E-state index contributed by atoms with van der Waals surface area (Å²) in [5, 5.41) is 15.6. The SMILES string of the molecule is C=Cc1cccc(C(C(=O)NCCCC)N(C(=O)C(Cc2ccc(O)cc2)NC(=O)OC(C)(C)C)C2CCC2)c1. The number of nitrogens with zero attached hydrogens (tertiary/aromatic N) is 1. The topological polar surface area (TPSA) is 108 Å². The summed E-state index contributed by atoms with van der Waals surface area (Å²) in [6.45, 7) is 11.7. The molecule has 3 N–H and O–H groups in total. The molecular weight excluding hydrogens is 506 g/mol. The summed E-state index contributed by atoms with van der Waals surface area (Å²) in [6, 6.07) is 12.0. The number of aromatic hydroxyl groups is 1. The van der Waals surface area contributed by atoms with Crippen molar-refractivity contribution in [1.82, 2.24) is 15.5 Å². The van der Waals surface area contributed by atoms with E-state index in [0.717, 1.165) is 43.2 Å². The van der Waals surface area contributed by atoms with Crippen LogP contribution in [0.25, 0.3) is 6.08 Å². The minimum Gasteiger partial charge on any atom is -0.508 e. The number of unbranched alkanes of at least 4 members (excludes halogenated alkanes) is 1. The minimum absolute atomic E-state index is 0.105. The number of phenols is 1. The fraction of sp³-hybridized carbons (Fsp3) is 0.469. The van der Waals surface area contributed by atoms with Crippen molar-refractivity contribution >= 4 is 24.0 Å². The van der Waals surface area contributed by atoms with Gasteiger partial charge in [-0.15, -0.1) is 0 Å². The van der Waals surface area contributed by atoms with Gasteiger partial charge in [0.25, 0.3) is 0 Å². The van der Waals surface area contributed by atoms with Gasteiger partial charge in [-0.1, -0.05) is 56.3 Å². The van der Waals surface area contributed by atoms with Gasteiger partial charge in [-0.3, -0.25) is 9.59 Å². The highest BCUT2D eigenvalue weighted by Crippen LogP contribution is 2.34. The molecule has 2 atom stereocenters. The standard InChI is InChI=1S/C32H43N3O5/c1-6-8-19-33-29(37)28(24-12-9-11-22(7-2)20-24)35(25-13-10-14-25)30(38)27(34-31(39)40-32(3,4)5)21-23-15-17-26(36)18-16-23/h7,9,11-12,15-18,20,25,27-28,36H,2,6,8,10,13-14,19,21H2,1,3-5H3,(H,33,37)(H,34,39). The van der Waals surface area contributed by atoms with E-state index in [1.54, 1.807) is 56.0 Å². The molecule has 216 valence electrons. The number of hydrogen-bond donors (Lipinski definition) is 3. The molecule has 0 radical (unpaired) electrons. The van der Waals surface area contributed by atoms with Crippen LogP contribution in [0.2, 0.25) is 0 Å². The molecule has 3 rings (SSSR count). The van der Waals surface area contributed by atoms with Crippen molar-refractivity contribution < 1.29 is 24.2 Å². The van der Waals surface area contributed by atoms with Gasteiger partial charge in [-0.25, -0.2) is 4.79 Å². The average molecular weight is 550 g/mol. The van der Waals surface area contributed by atoms with E-state index in [1.165, 1.54) is 0 Å². The van der Waals surface area contributed by atoms with Crippen LogP contribution in [-0.4, -0.2) is 52.1 Å². The highest BCUT2D eigenvalue weighted by Gasteiger charge is 2.42. The Kier molecular flexibility index (Phi) is 10.8. The van der Waals surface area contributed by atoms with Crippen LogP contribution in [0.5, 0.6) is 5.75 Å². The first-order valence-corrected chi connectivity index (χ1v) is 14.1. The van der Waals surface area contributed by atoms with Crippen molar-refractivity contribution in [2.24, 2.45) is 0 Å². The van der Waals surface area contributed by atoms with E-state index in [9.17, 15) is 19.5 Å². The van der Waals surface area contributed by atoms with Crippen molar-refractivity contribution in [1.29, 1.82) is 0 Å². The van der Waals surface area contributed by atoms with E-state index in [0.29, 0.717) is 12.1 Å². The molecule has 8 heteroatoms. The molecule has 2 aromatic rings. The number of hydrogen-bond acceptors (Lipinski definition) is 5. The zero-order valence-corrected chi connectivity index (χ0v) is 24.1. The van der Waals surface area contributed by atoms with Crippen LogP contribution in [0.4, 0.5) is 4.79 Å². The number of carbonyl (C=O) groups is 3. The van der Waals surface area contributed by atoms with E-state index < -0.39 is 23.8 Å². The van der Waals surface area contributed by atoms with Crippen LogP contribution < -0.4 is 10.6 Å². The molecule has 0 aliphatic heterocycles. The second kappa shape index (κ2) is 14.0. The lowest BCUT2D eigenvalue weighted by atomic mass is 9.87. The Morgan fingerprint density at radius 3 is 2.42 bits per heavy atom. The predicted octanol–water partition coefficient (Wildman–Crippen LogP) is 5.51. The number of amides is 3. The minimum atomic E-state index is -0.992. The van der Waals surface area contributed by atoms with Crippen LogP contribution in [0.3, 0.4) is 0 Å². The van der Waals surface area contributed by atoms with Crippen LogP contribution in [0.1, 0.15) is 82.5 Å². The van der Waals surface area contributed by atoms with Gasteiger partial charge in [0.1, 0.15) is 23.4 Å². The van der Waals surface area contributed by atoms with Gasteiger partial charge >= 0.3 is 6.09 Å². The fourth-order valence-electron chi connectivity index (χ4n) is 4.66. The van der Waals surface area contributed by atoms with Crippen molar-refractivity contribution in [3.63, 3.8) is 0 Å².